The number of anilines is 1. The van der Waals surface area contributed by atoms with Gasteiger partial charge in [0.1, 0.15) is 17.0 Å². The quantitative estimate of drug-likeness (QED) is 0.0937. The Bertz CT molecular complexity index is 1610. The molecule has 3 N–H and O–H groups in total. The van der Waals surface area contributed by atoms with Crippen molar-refractivity contribution in [3.63, 3.8) is 0 Å². The number of pyridine rings is 1. The van der Waals surface area contributed by atoms with E-state index in [0.29, 0.717) is 54.0 Å². The fraction of sp³-hybridized carbons (Fsp3) is 0.364. The molecule has 1 heterocycles. The van der Waals surface area contributed by atoms with Gasteiger partial charge >= 0.3 is 0 Å². The van der Waals surface area contributed by atoms with Crippen LogP contribution in [0.1, 0.15) is 32.1 Å². The Morgan fingerprint density at radius 3 is 2.56 bits per heavy atom. The van der Waals surface area contributed by atoms with Gasteiger partial charge in [-0.15, -0.1) is 0 Å². The summed E-state index contributed by atoms with van der Waals surface area (Å²) in [6, 6.07) is 8.78. The van der Waals surface area contributed by atoms with Crippen molar-refractivity contribution in [3.8, 4) is 23.0 Å². The molecule has 2 aliphatic carbocycles. The smallest absolute Gasteiger partial charge is 0.240 e. The second kappa shape index (κ2) is 14.7. The minimum absolute atomic E-state index is 0.0616. The van der Waals surface area contributed by atoms with Crippen molar-refractivity contribution in [2.75, 3.05) is 37.9 Å². The highest BCUT2D eigenvalue weighted by Crippen LogP contribution is 2.47. The summed E-state index contributed by atoms with van der Waals surface area (Å²) in [7, 11) is 1.54. The zero-order valence-electron chi connectivity index (χ0n) is 24.9. The Morgan fingerprint density at radius 1 is 1.02 bits per heavy atom. The third kappa shape index (κ3) is 7.93. The summed E-state index contributed by atoms with van der Waals surface area (Å²) in [5.41, 5.74) is -0.469. The number of methoxy groups -OCH3 is 1. The number of carbonyl (C=O) groups excluding carboxylic acids is 2. The minimum atomic E-state index is -1.24. The van der Waals surface area contributed by atoms with Crippen LogP contribution in [0.3, 0.4) is 0 Å². The molecule has 0 spiro atoms. The van der Waals surface area contributed by atoms with Gasteiger partial charge in [0.25, 0.3) is 0 Å². The molecule has 238 valence electrons. The average molecular weight is 639 g/mol. The molecular weight excluding hydrogens is 602 g/mol. The number of rotatable bonds is 15. The number of hydrogen-bond donors (Lipinski definition) is 4. The van der Waals surface area contributed by atoms with Crippen molar-refractivity contribution in [3.05, 3.63) is 72.5 Å². The van der Waals surface area contributed by atoms with Gasteiger partial charge in [-0.2, -0.15) is 12.6 Å². The maximum atomic E-state index is 15.2. The van der Waals surface area contributed by atoms with Gasteiger partial charge in [0.15, 0.2) is 23.1 Å². The molecule has 1 aromatic heterocycles. The Morgan fingerprint density at radius 2 is 1.84 bits per heavy atom. The molecule has 1 unspecified atom stereocenters. The third-order valence-electron chi connectivity index (χ3n) is 7.65. The Kier molecular flexibility index (Phi) is 10.6. The number of nitrogens with one attached hydrogen (secondary N) is 3. The summed E-state index contributed by atoms with van der Waals surface area (Å²) >= 11 is 4.20. The van der Waals surface area contributed by atoms with Gasteiger partial charge in [0.05, 0.1) is 25.3 Å². The highest BCUT2D eigenvalue weighted by Gasteiger charge is 2.56. The number of nitrogens with zero attached hydrogens (tertiary/aromatic N) is 1. The molecule has 0 aliphatic heterocycles. The zero-order chi connectivity index (χ0) is 31.8. The Hall–Kier alpha value is -4.16. The topological polar surface area (TPSA) is 111 Å². The number of amides is 2. The fourth-order valence-corrected chi connectivity index (χ4v) is 5.08. The first-order valence-corrected chi connectivity index (χ1v) is 15.5. The molecular formula is C33H36F2N4O5S. The first-order valence-electron chi connectivity index (χ1n) is 14.9. The summed E-state index contributed by atoms with van der Waals surface area (Å²) in [5.74, 6) is 0.145. The lowest BCUT2D eigenvalue weighted by Gasteiger charge is -2.20. The van der Waals surface area contributed by atoms with E-state index in [1.807, 2.05) is 0 Å². The number of aromatic nitrogens is 1. The molecule has 1 saturated carbocycles. The second-order valence-electron chi connectivity index (χ2n) is 10.9. The van der Waals surface area contributed by atoms with E-state index in [9.17, 15) is 14.0 Å². The second-order valence-corrected chi connectivity index (χ2v) is 11.4. The van der Waals surface area contributed by atoms with E-state index in [-0.39, 0.29) is 23.3 Å². The van der Waals surface area contributed by atoms with E-state index in [2.05, 4.69) is 33.6 Å². The van der Waals surface area contributed by atoms with Crippen LogP contribution in [0.2, 0.25) is 0 Å². The average Bonchev–Trinajstić information content (AvgIpc) is 3.85. The molecule has 0 radical (unpaired) electrons. The van der Waals surface area contributed by atoms with Gasteiger partial charge in [-0.3, -0.25) is 14.6 Å². The predicted molar refractivity (Wildman–Crippen MR) is 171 cm³/mol. The minimum Gasteiger partial charge on any atom is -0.493 e. The van der Waals surface area contributed by atoms with Crippen molar-refractivity contribution in [2.45, 2.75) is 38.1 Å². The van der Waals surface area contributed by atoms with Crippen molar-refractivity contribution in [1.82, 2.24) is 15.6 Å². The van der Waals surface area contributed by atoms with Gasteiger partial charge in [0, 0.05) is 29.4 Å². The van der Waals surface area contributed by atoms with Gasteiger partial charge < -0.3 is 30.2 Å². The molecule has 1 atom stereocenters. The molecule has 0 saturated heterocycles. The monoisotopic (exact) mass is 638 g/mol. The summed E-state index contributed by atoms with van der Waals surface area (Å²) in [6.07, 6.45) is 8.64. The van der Waals surface area contributed by atoms with Crippen LogP contribution in [-0.4, -0.2) is 55.4 Å². The maximum Gasteiger partial charge on any atom is 0.240 e. The lowest BCUT2D eigenvalue weighted by molar-refractivity contribution is -0.134. The maximum absolute atomic E-state index is 15.2. The van der Waals surface area contributed by atoms with E-state index >= 15 is 4.39 Å². The molecule has 1 fully saturated rings. The van der Waals surface area contributed by atoms with Crippen LogP contribution in [0.5, 0.6) is 23.0 Å². The number of allylic oxidation sites excluding steroid dienone is 2. The van der Waals surface area contributed by atoms with Crippen LogP contribution in [0.25, 0.3) is 10.9 Å². The standard InChI is InChI=1S/C33H36F2N4O5S/c1-42-29-19-24-26(20-30(29)43-16-2-13-36-14-3-17-45)37-15-10-27(24)44-28-9-8-23(18-25(28)35)39-32(41)33(11-12-33)31(40)38-22-6-4-21(34)5-7-22/h4-6,8-10,15,18-20,22,36,45H,2-3,7,11-14,16-17H2,1H3,(H,38,40)(H,39,41). The van der Waals surface area contributed by atoms with E-state index in [1.165, 1.54) is 31.4 Å². The van der Waals surface area contributed by atoms with Crippen LogP contribution in [0.15, 0.2) is 66.6 Å². The lowest BCUT2D eigenvalue weighted by Crippen LogP contribution is -2.44. The van der Waals surface area contributed by atoms with E-state index in [0.717, 1.165) is 37.8 Å². The van der Waals surface area contributed by atoms with Crippen LogP contribution in [0, 0.1) is 11.2 Å². The largest absolute Gasteiger partial charge is 0.493 e. The van der Waals surface area contributed by atoms with Crippen LogP contribution in [-0.2, 0) is 9.59 Å². The highest BCUT2D eigenvalue weighted by molar-refractivity contribution is 7.80. The summed E-state index contributed by atoms with van der Waals surface area (Å²) in [6.45, 7) is 2.22. The normalized spacial score (nSPS) is 16.5. The van der Waals surface area contributed by atoms with E-state index in [4.69, 9.17) is 14.2 Å². The molecule has 5 rings (SSSR count). The molecule has 12 heteroatoms. The number of hydrogen-bond acceptors (Lipinski definition) is 8. The summed E-state index contributed by atoms with van der Waals surface area (Å²) in [5, 5.41) is 9.37. The first kappa shape index (κ1) is 32.2. The third-order valence-corrected chi connectivity index (χ3v) is 7.97. The molecule has 2 aliphatic rings. The zero-order valence-corrected chi connectivity index (χ0v) is 25.8. The molecule has 45 heavy (non-hydrogen) atoms. The number of thiol groups is 1. The van der Waals surface area contributed by atoms with Gasteiger partial charge in [-0.05, 0) is 87.4 Å². The van der Waals surface area contributed by atoms with Crippen molar-refractivity contribution < 1.29 is 32.6 Å². The predicted octanol–water partition coefficient (Wildman–Crippen LogP) is 5.87. The van der Waals surface area contributed by atoms with Crippen molar-refractivity contribution >= 4 is 41.0 Å². The molecule has 2 amide bonds. The Balaban J connectivity index is 1.22. The number of benzene rings is 2. The van der Waals surface area contributed by atoms with Gasteiger partial charge in [-0.1, -0.05) is 6.08 Å². The first-order chi connectivity index (χ1) is 21.8. The number of carbonyl (C=O) groups is 2. The molecule has 9 nitrogen and oxygen atoms in total. The fourth-order valence-electron chi connectivity index (χ4n) is 4.92. The number of ether oxygens (including phenoxy) is 3. The van der Waals surface area contributed by atoms with E-state index < -0.39 is 23.0 Å². The number of halogens is 2. The highest BCUT2D eigenvalue weighted by atomic mass is 32.1. The lowest BCUT2D eigenvalue weighted by atomic mass is 10.0. The van der Waals surface area contributed by atoms with Gasteiger partial charge in [0.2, 0.25) is 11.8 Å². The summed E-state index contributed by atoms with van der Waals surface area (Å²) in [4.78, 5) is 30.3. The van der Waals surface area contributed by atoms with Crippen LogP contribution in [0.4, 0.5) is 14.5 Å². The van der Waals surface area contributed by atoms with Crippen LogP contribution < -0.4 is 30.2 Å². The van der Waals surface area contributed by atoms with Crippen LogP contribution >= 0.6 is 12.6 Å². The summed E-state index contributed by atoms with van der Waals surface area (Å²) < 4.78 is 45.9. The molecule has 3 aromatic rings. The van der Waals surface area contributed by atoms with Gasteiger partial charge in [-0.25, -0.2) is 8.78 Å². The van der Waals surface area contributed by atoms with Crippen molar-refractivity contribution in [2.24, 2.45) is 5.41 Å². The Labute approximate surface area is 265 Å². The van der Waals surface area contributed by atoms with Crippen molar-refractivity contribution in [1.29, 1.82) is 0 Å². The molecule has 0 bridgehead atoms. The molecule has 2 aromatic carbocycles. The van der Waals surface area contributed by atoms with E-state index in [1.54, 1.807) is 30.5 Å². The number of fused-ring (bicyclic) bond motifs is 1. The SMILES string of the molecule is COc1cc2c(Oc3ccc(NC(=O)C4(C(=O)NC5C=CC(F)=CC5)CC4)cc3F)ccnc2cc1OCCCNCCCS.